The van der Waals surface area contributed by atoms with Crippen molar-refractivity contribution in [2.75, 3.05) is 0 Å². The van der Waals surface area contributed by atoms with Gasteiger partial charge in [0, 0.05) is 27.6 Å². The Morgan fingerprint density at radius 3 is 2.42 bits per heavy atom. The van der Waals surface area contributed by atoms with E-state index in [0.717, 1.165) is 11.1 Å². The minimum atomic E-state index is -0.619. The fourth-order valence-electron chi connectivity index (χ4n) is 2.93. The van der Waals surface area contributed by atoms with E-state index < -0.39 is 11.2 Å². The molecule has 0 spiro atoms. The van der Waals surface area contributed by atoms with Crippen LogP contribution in [-0.4, -0.2) is 9.97 Å². The molecule has 0 aliphatic rings. The number of rotatable bonds is 3. The van der Waals surface area contributed by atoms with E-state index in [1.165, 1.54) is 0 Å². The monoisotopic (exact) mass is 386 g/mol. The first-order valence-electron chi connectivity index (χ1n) is 7.79. The summed E-state index contributed by atoms with van der Waals surface area (Å²) in [5, 5.41) is 1.49. The van der Waals surface area contributed by atoms with Crippen LogP contribution in [-0.2, 0) is 6.42 Å². The number of hydrogen-bond acceptors (Lipinski definition) is 3. The van der Waals surface area contributed by atoms with Crippen molar-refractivity contribution in [2.45, 2.75) is 6.42 Å². The van der Waals surface area contributed by atoms with Crippen LogP contribution in [0.5, 0.6) is 0 Å². The van der Waals surface area contributed by atoms with Crippen LogP contribution in [0.2, 0.25) is 10.0 Å². The highest BCUT2D eigenvalue weighted by Crippen LogP contribution is 2.33. The molecule has 5 nitrogen and oxygen atoms in total. The van der Waals surface area contributed by atoms with Gasteiger partial charge >= 0.3 is 5.69 Å². The number of aromatic nitrogens is 2. The molecule has 0 radical (unpaired) electrons. The molecule has 0 unspecified atom stereocenters. The topological polar surface area (TPSA) is 78.9 Å². The molecule has 2 aromatic carbocycles. The number of halogens is 2. The third-order valence-corrected chi connectivity index (χ3v) is 4.56. The molecular weight excluding hydrogens is 375 g/mol. The van der Waals surface area contributed by atoms with Crippen molar-refractivity contribution in [3.63, 3.8) is 0 Å². The Hall–Kier alpha value is -2.76. The van der Waals surface area contributed by atoms with E-state index in [1.807, 2.05) is 18.2 Å². The second kappa shape index (κ2) is 6.52. The van der Waals surface area contributed by atoms with Gasteiger partial charge in [-0.05, 0) is 29.8 Å². The van der Waals surface area contributed by atoms with Gasteiger partial charge in [0.05, 0.1) is 0 Å². The van der Waals surface area contributed by atoms with Crippen molar-refractivity contribution in [1.29, 1.82) is 0 Å². The highest BCUT2D eigenvalue weighted by Gasteiger charge is 2.20. The third-order valence-electron chi connectivity index (χ3n) is 4.07. The quantitative estimate of drug-likeness (QED) is 0.548. The van der Waals surface area contributed by atoms with Crippen LogP contribution in [0.4, 0.5) is 0 Å². The maximum atomic E-state index is 12.4. The summed E-state index contributed by atoms with van der Waals surface area (Å²) >= 11 is 12.0. The molecule has 7 heteroatoms. The molecule has 130 valence electrons. The lowest BCUT2D eigenvalue weighted by Gasteiger charge is -2.04. The van der Waals surface area contributed by atoms with Crippen LogP contribution in [0.3, 0.4) is 0 Å². The van der Waals surface area contributed by atoms with Crippen LogP contribution >= 0.6 is 23.2 Å². The summed E-state index contributed by atoms with van der Waals surface area (Å²) in [6, 6.07) is 14.4. The SMILES string of the molecule is O=c1[nH]c(=O)c2c(Cc3ccc(Cl)cc3)c(-c3cccc(Cl)c3)oc2[nH]1. The molecule has 4 aromatic rings. The van der Waals surface area contributed by atoms with E-state index in [4.69, 9.17) is 27.6 Å². The summed E-state index contributed by atoms with van der Waals surface area (Å²) in [6.45, 7) is 0. The van der Waals surface area contributed by atoms with Crippen LogP contribution < -0.4 is 11.2 Å². The molecule has 0 amide bonds. The van der Waals surface area contributed by atoms with Gasteiger partial charge in [0.2, 0.25) is 5.71 Å². The molecule has 2 aromatic heterocycles. The van der Waals surface area contributed by atoms with Gasteiger partial charge in [-0.1, -0.05) is 47.5 Å². The summed E-state index contributed by atoms with van der Waals surface area (Å²) < 4.78 is 5.84. The zero-order valence-corrected chi connectivity index (χ0v) is 14.8. The second-order valence-electron chi connectivity index (χ2n) is 5.84. The fourth-order valence-corrected chi connectivity index (χ4v) is 3.25. The highest BCUT2D eigenvalue weighted by atomic mass is 35.5. The smallest absolute Gasteiger partial charge is 0.328 e. The minimum Gasteiger partial charge on any atom is -0.439 e. The maximum Gasteiger partial charge on any atom is 0.328 e. The van der Waals surface area contributed by atoms with Gasteiger partial charge in [-0.25, -0.2) is 4.79 Å². The standard InChI is InChI=1S/C19H12Cl2N2O3/c20-12-6-4-10(5-7-12)8-14-15-17(24)22-19(25)23-18(15)26-16(14)11-2-1-3-13(21)9-11/h1-7,9H,8H2,(H2,22,23,24,25). The number of fused-ring (bicyclic) bond motifs is 1. The van der Waals surface area contributed by atoms with E-state index >= 15 is 0 Å². The largest absolute Gasteiger partial charge is 0.439 e. The predicted molar refractivity (Wildman–Crippen MR) is 102 cm³/mol. The van der Waals surface area contributed by atoms with E-state index in [-0.39, 0.29) is 5.71 Å². The molecule has 2 N–H and O–H groups in total. The van der Waals surface area contributed by atoms with Gasteiger partial charge in [0.1, 0.15) is 11.1 Å². The molecule has 0 aliphatic carbocycles. The second-order valence-corrected chi connectivity index (χ2v) is 6.71. The number of nitrogens with one attached hydrogen (secondary N) is 2. The van der Waals surface area contributed by atoms with E-state index in [1.54, 1.807) is 30.3 Å². The Morgan fingerprint density at radius 2 is 1.69 bits per heavy atom. The van der Waals surface area contributed by atoms with Gasteiger partial charge < -0.3 is 4.42 Å². The van der Waals surface area contributed by atoms with Gasteiger partial charge in [-0.2, -0.15) is 0 Å². The molecule has 0 bridgehead atoms. The van der Waals surface area contributed by atoms with E-state index in [2.05, 4.69) is 9.97 Å². The lowest BCUT2D eigenvalue weighted by atomic mass is 10.00. The summed E-state index contributed by atoms with van der Waals surface area (Å²) in [6.07, 6.45) is 0.432. The van der Waals surface area contributed by atoms with Crippen LogP contribution in [0.25, 0.3) is 22.4 Å². The molecule has 2 heterocycles. The molecule has 0 fully saturated rings. The number of benzene rings is 2. The molecule has 26 heavy (non-hydrogen) atoms. The zero-order chi connectivity index (χ0) is 18.3. The minimum absolute atomic E-state index is 0.137. The average Bonchev–Trinajstić information content (AvgIpc) is 2.95. The van der Waals surface area contributed by atoms with E-state index in [0.29, 0.717) is 33.2 Å². The number of hydrogen-bond donors (Lipinski definition) is 2. The normalized spacial score (nSPS) is 11.2. The summed E-state index contributed by atoms with van der Waals surface area (Å²) in [4.78, 5) is 28.8. The first-order valence-corrected chi connectivity index (χ1v) is 8.55. The summed E-state index contributed by atoms with van der Waals surface area (Å²) in [7, 11) is 0. The molecule has 0 saturated carbocycles. The maximum absolute atomic E-state index is 12.4. The van der Waals surface area contributed by atoms with Crippen LogP contribution in [0.15, 0.2) is 62.5 Å². The number of H-pyrrole nitrogens is 2. The number of furan rings is 1. The first-order chi connectivity index (χ1) is 12.5. The first kappa shape index (κ1) is 16.7. The lowest BCUT2D eigenvalue weighted by Crippen LogP contribution is -2.21. The van der Waals surface area contributed by atoms with Gasteiger partial charge in [-0.15, -0.1) is 0 Å². The zero-order valence-electron chi connectivity index (χ0n) is 13.3. The fraction of sp³-hybridized carbons (Fsp3) is 0.0526. The van der Waals surface area contributed by atoms with Crippen molar-refractivity contribution in [2.24, 2.45) is 0 Å². The third kappa shape index (κ3) is 3.07. The van der Waals surface area contributed by atoms with Gasteiger partial charge in [-0.3, -0.25) is 14.8 Å². The van der Waals surface area contributed by atoms with Crippen molar-refractivity contribution in [3.05, 3.63) is 90.5 Å². The summed E-state index contributed by atoms with van der Waals surface area (Å²) in [5.41, 5.74) is 1.36. The summed E-state index contributed by atoms with van der Waals surface area (Å²) in [5.74, 6) is 0.491. The van der Waals surface area contributed by atoms with Crippen LogP contribution in [0, 0.1) is 0 Å². The Bertz CT molecular complexity index is 1220. The highest BCUT2D eigenvalue weighted by molar-refractivity contribution is 6.31. The molecular formula is C19H12Cl2N2O3. The lowest BCUT2D eigenvalue weighted by molar-refractivity contribution is 0.612. The average molecular weight is 387 g/mol. The van der Waals surface area contributed by atoms with Gasteiger partial charge in [0.25, 0.3) is 5.56 Å². The van der Waals surface area contributed by atoms with Gasteiger partial charge in [0.15, 0.2) is 0 Å². The Kier molecular flexibility index (Phi) is 4.18. The molecule has 0 atom stereocenters. The van der Waals surface area contributed by atoms with Crippen LogP contribution in [0.1, 0.15) is 11.1 Å². The predicted octanol–water partition coefficient (Wildman–Crippen LogP) is 4.37. The number of aromatic amines is 2. The molecule has 0 aliphatic heterocycles. The van der Waals surface area contributed by atoms with Crippen molar-refractivity contribution in [1.82, 2.24) is 9.97 Å². The molecule has 0 saturated heterocycles. The van der Waals surface area contributed by atoms with E-state index in [9.17, 15) is 9.59 Å². The van der Waals surface area contributed by atoms with Crippen molar-refractivity contribution in [3.8, 4) is 11.3 Å². The van der Waals surface area contributed by atoms with Crippen molar-refractivity contribution >= 4 is 34.3 Å². The Morgan fingerprint density at radius 1 is 0.923 bits per heavy atom. The molecule has 4 rings (SSSR count). The van der Waals surface area contributed by atoms with Crippen molar-refractivity contribution < 1.29 is 4.42 Å². The Labute approximate surface area is 157 Å². The Balaban J connectivity index is 1.98.